The van der Waals surface area contributed by atoms with Crippen LogP contribution < -0.4 is 14.8 Å². The highest BCUT2D eigenvalue weighted by Gasteiger charge is 2.42. The Labute approximate surface area is 227 Å². The number of halogens is 1. The maximum atomic E-state index is 13.2. The lowest BCUT2D eigenvalue weighted by molar-refractivity contribution is -0.118. The third kappa shape index (κ3) is 4.95. The standard InChI is InChI=1S/C30H31ClN2O5/c1-3-33-22-6-4-8-24(34)29(22)28(30-23(33)7-5-9-25(30)35)18-10-15-26(21(31)16-18)38-17-27(36)32-19-11-13-20(37-2)14-12-19/h10-16,28H,3-9,17H2,1-2H3,(H,32,36). The van der Waals surface area contributed by atoms with Gasteiger partial charge in [-0.25, -0.2) is 0 Å². The number of carbonyl (C=O) groups excluding carboxylic acids is 3. The summed E-state index contributed by atoms with van der Waals surface area (Å²) in [7, 11) is 1.58. The van der Waals surface area contributed by atoms with Gasteiger partial charge in [0, 0.05) is 53.5 Å². The molecule has 2 aliphatic carbocycles. The van der Waals surface area contributed by atoms with Crippen molar-refractivity contribution < 1.29 is 23.9 Å². The van der Waals surface area contributed by atoms with E-state index in [1.165, 1.54) is 0 Å². The van der Waals surface area contributed by atoms with Gasteiger partial charge in [-0.05, 0) is 74.6 Å². The zero-order valence-electron chi connectivity index (χ0n) is 21.6. The summed E-state index contributed by atoms with van der Waals surface area (Å²) in [6.45, 7) is 2.58. The Hall–Kier alpha value is -3.58. The Morgan fingerprint density at radius 2 is 1.61 bits per heavy atom. The summed E-state index contributed by atoms with van der Waals surface area (Å²) in [6, 6.07) is 12.3. The summed E-state index contributed by atoms with van der Waals surface area (Å²) < 4.78 is 10.8. The van der Waals surface area contributed by atoms with Crippen LogP contribution in [0, 0.1) is 0 Å². The summed E-state index contributed by atoms with van der Waals surface area (Å²) in [6.07, 6.45) is 4.28. The van der Waals surface area contributed by atoms with Crippen molar-refractivity contribution in [1.82, 2.24) is 4.90 Å². The summed E-state index contributed by atoms with van der Waals surface area (Å²) in [5.41, 5.74) is 4.99. The van der Waals surface area contributed by atoms with Crippen molar-refractivity contribution in [2.75, 3.05) is 25.6 Å². The van der Waals surface area contributed by atoms with Crippen LogP contribution in [-0.4, -0.2) is 42.6 Å². The number of hydrogen-bond acceptors (Lipinski definition) is 6. The van der Waals surface area contributed by atoms with Gasteiger partial charge in [-0.15, -0.1) is 0 Å². The Morgan fingerprint density at radius 1 is 0.974 bits per heavy atom. The van der Waals surface area contributed by atoms with Crippen molar-refractivity contribution in [2.24, 2.45) is 0 Å². The maximum Gasteiger partial charge on any atom is 0.262 e. The van der Waals surface area contributed by atoms with Crippen molar-refractivity contribution in [1.29, 1.82) is 0 Å². The van der Waals surface area contributed by atoms with E-state index >= 15 is 0 Å². The molecule has 0 saturated heterocycles. The van der Waals surface area contributed by atoms with Gasteiger partial charge in [0.15, 0.2) is 18.2 Å². The number of Topliss-reactive ketones (excluding diaryl/α,β-unsaturated/α-hetero) is 2. The number of nitrogens with one attached hydrogen (secondary N) is 1. The van der Waals surface area contributed by atoms with Crippen LogP contribution in [0.3, 0.4) is 0 Å². The fraction of sp³-hybridized carbons (Fsp3) is 0.367. The molecule has 0 bridgehead atoms. The molecule has 3 aliphatic rings. The van der Waals surface area contributed by atoms with Gasteiger partial charge >= 0.3 is 0 Å². The fourth-order valence-corrected chi connectivity index (χ4v) is 6.00. The van der Waals surface area contributed by atoms with Gasteiger partial charge < -0.3 is 19.7 Å². The van der Waals surface area contributed by atoms with Crippen molar-refractivity contribution in [3.05, 3.63) is 75.6 Å². The molecule has 0 saturated carbocycles. The minimum absolute atomic E-state index is 0.103. The topological polar surface area (TPSA) is 84.9 Å². The van der Waals surface area contributed by atoms with Crippen LogP contribution in [0.4, 0.5) is 5.69 Å². The fourth-order valence-electron chi connectivity index (χ4n) is 5.76. The molecule has 2 aromatic carbocycles. The number of nitrogens with zero attached hydrogens (tertiary/aromatic N) is 1. The molecule has 1 heterocycles. The second-order valence-corrected chi connectivity index (χ2v) is 10.1. The Balaban J connectivity index is 1.39. The highest BCUT2D eigenvalue weighted by Crippen LogP contribution is 2.49. The van der Waals surface area contributed by atoms with E-state index in [1.807, 2.05) is 6.07 Å². The lowest BCUT2D eigenvalue weighted by atomic mass is 9.71. The van der Waals surface area contributed by atoms with E-state index in [0.717, 1.165) is 60.3 Å². The van der Waals surface area contributed by atoms with E-state index < -0.39 is 5.92 Å². The van der Waals surface area contributed by atoms with E-state index in [-0.39, 0.29) is 24.1 Å². The lowest BCUT2D eigenvalue weighted by Crippen LogP contribution is -2.39. The van der Waals surface area contributed by atoms with Gasteiger partial charge in [0.25, 0.3) is 5.91 Å². The minimum Gasteiger partial charge on any atom is -0.497 e. The predicted molar refractivity (Wildman–Crippen MR) is 145 cm³/mol. The number of allylic oxidation sites excluding steroid dienone is 4. The van der Waals surface area contributed by atoms with Crippen LogP contribution >= 0.6 is 11.6 Å². The van der Waals surface area contributed by atoms with Crippen molar-refractivity contribution in [3.8, 4) is 11.5 Å². The summed E-state index contributed by atoms with van der Waals surface area (Å²) in [4.78, 5) is 41.1. The van der Waals surface area contributed by atoms with Crippen molar-refractivity contribution >= 4 is 34.8 Å². The molecule has 0 unspecified atom stereocenters. The number of carbonyl (C=O) groups is 3. The van der Waals surface area contributed by atoms with Crippen LogP contribution in [0.25, 0.3) is 0 Å². The van der Waals surface area contributed by atoms with E-state index in [9.17, 15) is 14.4 Å². The number of ether oxygens (including phenoxy) is 2. The molecule has 1 amide bonds. The highest BCUT2D eigenvalue weighted by atomic mass is 35.5. The SMILES string of the molecule is CCN1C2=C(C(=O)CCC2)C(c2ccc(OCC(=O)Nc3ccc(OC)cc3)c(Cl)c2)C2=C1CCCC2=O. The molecule has 0 radical (unpaired) electrons. The zero-order valence-corrected chi connectivity index (χ0v) is 22.4. The normalized spacial score (nSPS) is 17.8. The van der Waals surface area contributed by atoms with E-state index in [2.05, 4.69) is 17.1 Å². The first-order valence-corrected chi connectivity index (χ1v) is 13.4. The molecule has 198 valence electrons. The number of benzene rings is 2. The van der Waals surface area contributed by atoms with Gasteiger partial charge in [0.05, 0.1) is 12.1 Å². The van der Waals surface area contributed by atoms with E-state index in [1.54, 1.807) is 43.5 Å². The average molecular weight is 535 g/mol. The second-order valence-electron chi connectivity index (χ2n) is 9.71. The molecular weight excluding hydrogens is 504 g/mol. The second kappa shape index (κ2) is 11.0. The number of rotatable bonds is 7. The molecule has 8 heteroatoms. The molecule has 0 aromatic heterocycles. The number of methoxy groups -OCH3 is 1. The molecule has 38 heavy (non-hydrogen) atoms. The molecule has 1 N–H and O–H groups in total. The molecular formula is C30H31ClN2O5. The third-order valence-electron chi connectivity index (χ3n) is 7.42. The number of hydrogen-bond donors (Lipinski definition) is 1. The van der Waals surface area contributed by atoms with Crippen molar-refractivity contribution in [3.63, 3.8) is 0 Å². The Morgan fingerprint density at radius 3 is 2.16 bits per heavy atom. The first-order chi connectivity index (χ1) is 18.4. The van der Waals surface area contributed by atoms with Gasteiger partial charge in [0.1, 0.15) is 11.5 Å². The first-order valence-electron chi connectivity index (χ1n) is 13.1. The van der Waals surface area contributed by atoms with Gasteiger partial charge in [-0.2, -0.15) is 0 Å². The highest BCUT2D eigenvalue weighted by molar-refractivity contribution is 6.32. The first kappa shape index (κ1) is 26.0. The van der Waals surface area contributed by atoms with Crippen LogP contribution in [0.15, 0.2) is 65.0 Å². The monoisotopic (exact) mass is 534 g/mol. The zero-order chi connectivity index (χ0) is 26.8. The lowest BCUT2D eigenvalue weighted by Gasteiger charge is -2.43. The molecule has 2 aromatic rings. The molecule has 7 nitrogen and oxygen atoms in total. The van der Waals surface area contributed by atoms with Crippen LogP contribution in [0.2, 0.25) is 5.02 Å². The summed E-state index contributed by atoms with van der Waals surface area (Å²) >= 11 is 6.62. The van der Waals surface area contributed by atoms with Gasteiger partial charge in [-0.3, -0.25) is 14.4 Å². The summed E-state index contributed by atoms with van der Waals surface area (Å²) in [5.74, 6) is 0.514. The molecule has 1 aliphatic heterocycles. The summed E-state index contributed by atoms with van der Waals surface area (Å²) in [5, 5.41) is 3.10. The number of ketones is 2. The van der Waals surface area contributed by atoms with E-state index in [0.29, 0.717) is 35.1 Å². The third-order valence-corrected chi connectivity index (χ3v) is 7.72. The molecule has 0 atom stereocenters. The van der Waals surface area contributed by atoms with Crippen LogP contribution in [-0.2, 0) is 14.4 Å². The molecule has 5 rings (SSSR count). The maximum absolute atomic E-state index is 13.2. The minimum atomic E-state index is -0.423. The number of anilines is 1. The van der Waals surface area contributed by atoms with Gasteiger partial charge in [0.2, 0.25) is 0 Å². The average Bonchev–Trinajstić information content (AvgIpc) is 2.92. The van der Waals surface area contributed by atoms with Crippen LogP contribution in [0.5, 0.6) is 11.5 Å². The van der Waals surface area contributed by atoms with Gasteiger partial charge in [-0.1, -0.05) is 17.7 Å². The quantitative estimate of drug-likeness (QED) is 0.483. The van der Waals surface area contributed by atoms with E-state index in [4.69, 9.17) is 21.1 Å². The Kier molecular flexibility index (Phi) is 7.56. The predicted octanol–water partition coefficient (Wildman–Crippen LogP) is 5.80. The molecule has 0 spiro atoms. The molecule has 0 fully saturated rings. The van der Waals surface area contributed by atoms with Crippen LogP contribution in [0.1, 0.15) is 56.9 Å². The van der Waals surface area contributed by atoms with Crippen molar-refractivity contribution in [2.45, 2.75) is 51.4 Å². The number of amides is 1. The largest absolute Gasteiger partial charge is 0.497 e. The Bertz CT molecular complexity index is 1300. The smallest absolute Gasteiger partial charge is 0.262 e.